The molecule has 0 aliphatic rings. The maximum absolute atomic E-state index is 12.6. The SMILES string of the molecule is CSc1ccc(CC(C)=O)cc1C(F)F. The van der Waals surface area contributed by atoms with Gasteiger partial charge in [-0.15, -0.1) is 11.8 Å². The standard InChI is InChI=1S/C11H12F2OS/c1-7(14)5-8-3-4-10(15-2)9(6-8)11(12)13/h3-4,6,11H,5H2,1-2H3. The first-order chi connectivity index (χ1) is 7.04. The molecule has 0 saturated carbocycles. The number of hydrogen-bond donors (Lipinski definition) is 0. The predicted octanol–water partition coefficient (Wildman–Crippen LogP) is 3.48. The summed E-state index contributed by atoms with van der Waals surface area (Å²) in [6, 6.07) is 4.78. The number of hydrogen-bond acceptors (Lipinski definition) is 2. The van der Waals surface area contributed by atoms with E-state index in [1.165, 1.54) is 24.8 Å². The van der Waals surface area contributed by atoms with Crippen molar-refractivity contribution < 1.29 is 13.6 Å². The van der Waals surface area contributed by atoms with Crippen LogP contribution in [0.4, 0.5) is 8.78 Å². The van der Waals surface area contributed by atoms with Crippen molar-refractivity contribution >= 4 is 17.5 Å². The van der Waals surface area contributed by atoms with Gasteiger partial charge in [0.2, 0.25) is 0 Å². The molecule has 1 aromatic carbocycles. The van der Waals surface area contributed by atoms with Gasteiger partial charge in [-0.2, -0.15) is 0 Å². The predicted molar refractivity (Wildman–Crippen MR) is 57.6 cm³/mol. The van der Waals surface area contributed by atoms with E-state index in [0.29, 0.717) is 10.5 Å². The summed E-state index contributed by atoms with van der Waals surface area (Å²) >= 11 is 1.29. The van der Waals surface area contributed by atoms with E-state index in [9.17, 15) is 13.6 Å². The lowest BCUT2D eigenvalue weighted by Gasteiger charge is -2.08. The Kier molecular flexibility index (Phi) is 4.27. The van der Waals surface area contributed by atoms with E-state index < -0.39 is 6.43 Å². The molecule has 0 aromatic heterocycles. The normalized spacial score (nSPS) is 10.7. The molecule has 1 rings (SSSR count). The van der Waals surface area contributed by atoms with E-state index in [1.54, 1.807) is 18.4 Å². The van der Waals surface area contributed by atoms with E-state index >= 15 is 0 Å². The maximum Gasteiger partial charge on any atom is 0.264 e. The highest BCUT2D eigenvalue weighted by molar-refractivity contribution is 7.98. The highest BCUT2D eigenvalue weighted by atomic mass is 32.2. The molecule has 15 heavy (non-hydrogen) atoms. The van der Waals surface area contributed by atoms with Crippen LogP contribution < -0.4 is 0 Å². The van der Waals surface area contributed by atoms with Crippen LogP contribution in [0.3, 0.4) is 0 Å². The van der Waals surface area contributed by atoms with Gasteiger partial charge in [0.25, 0.3) is 6.43 Å². The molecule has 0 unspecified atom stereocenters. The number of rotatable bonds is 4. The monoisotopic (exact) mass is 230 g/mol. The number of halogens is 2. The number of ketones is 1. The molecule has 0 fully saturated rings. The number of Topliss-reactive ketones (excluding diaryl/α,β-unsaturated/α-hetero) is 1. The van der Waals surface area contributed by atoms with Gasteiger partial charge in [0, 0.05) is 16.9 Å². The number of alkyl halides is 2. The van der Waals surface area contributed by atoms with Gasteiger partial charge in [-0.3, -0.25) is 4.79 Å². The summed E-state index contributed by atoms with van der Waals surface area (Å²) in [5, 5.41) is 0. The van der Waals surface area contributed by atoms with Crippen LogP contribution in [0, 0.1) is 0 Å². The molecule has 0 atom stereocenters. The zero-order valence-electron chi connectivity index (χ0n) is 8.59. The zero-order valence-corrected chi connectivity index (χ0v) is 9.41. The molecule has 82 valence electrons. The van der Waals surface area contributed by atoms with Crippen LogP contribution in [0.2, 0.25) is 0 Å². The van der Waals surface area contributed by atoms with Crippen molar-refractivity contribution in [3.05, 3.63) is 29.3 Å². The van der Waals surface area contributed by atoms with Crippen LogP contribution in [-0.2, 0) is 11.2 Å². The molecule has 0 bridgehead atoms. The molecule has 0 N–H and O–H groups in total. The lowest BCUT2D eigenvalue weighted by atomic mass is 10.1. The first kappa shape index (κ1) is 12.2. The third-order valence-corrected chi connectivity index (χ3v) is 2.79. The van der Waals surface area contributed by atoms with Crippen LogP contribution >= 0.6 is 11.8 Å². The topological polar surface area (TPSA) is 17.1 Å². The first-order valence-electron chi connectivity index (χ1n) is 4.49. The fourth-order valence-corrected chi connectivity index (χ4v) is 1.94. The largest absolute Gasteiger partial charge is 0.300 e. The van der Waals surface area contributed by atoms with Crippen LogP contribution in [0.1, 0.15) is 24.5 Å². The van der Waals surface area contributed by atoms with Crippen molar-refractivity contribution in [1.29, 1.82) is 0 Å². The summed E-state index contributed by atoms with van der Waals surface area (Å²) in [5.74, 6) is -0.0212. The van der Waals surface area contributed by atoms with Crippen molar-refractivity contribution in [3.8, 4) is 0 Å². The van der Waals surface area contributed by atoms with Crippen LogP contribution in [0.15, 0.2) is 23.1 Å². The Morgan fingerprint density at radius 1 is 1.47 bits per heavy atom. The lowest BCUT2D eigenvalue weighted by Crippen LogP contribution is -1.98. The molecular weight excluding hydrogens is 218 g/mol. The smallest absolute Gasteiger partial charge is 0.264 e. The van der Waals surface area contributed by atoms with Gasteiger partial charge >= 0.3 is 0 Å². The number of thioether (sulfide) groups is 1. The summed E-state index contributed by atoms with van der Waals surface area (Å²) in [5.41, 5.74) is 0.664. The quantitative estimate of drug-likeness (QED) is 0.737. The molecule has 0 radical (unpaired) electrons. The third kappa shape index (κ3) is 3.30. The Hall–Kier alpha value is -0.900. The molecule has 1 nitrogen and oxygen atoms in total. The summed E-state index contributed by atoms with van der Waals surface area (Å²) in [6.45, 7) is 1.45. The van der Waals surface area contributed by atoms with Crippen LogP contribution in [-0.4, -0.2) is 12.0 Å². The maximum atomic E-state index is 12.6. The van der Waals surface area contributed by atoms with Crippen molar-refractivity contribution in [2.45, 2.75) is 24.7 Å². The van der Waals surface area contributed by atoms with Gasteiger partial charge in [-0.1, -0.05) is 6.07 Å². The average molecular weight is 230 g/mol. The average Bonchev–Trinajstić information content (AvgIpc) is 2.16. The third-order valence-electron chi connectivity index (χ3n) is 1.98. The van der Waals surface area contributed by atoms with Gasteiger partial charge in [0.1, 0.15) is 5.78 Å². The zero-order chi connectivity index (χ0) is 11.4. The Balaban J connectivity index is 3.04. The number of carbonyl (C=O) groups is 1. The van der Waals surface area contributed by atoms with Crippen LogP contribution in [0.5, 0.6) is 0 Å². The molecular formula is C11H12F2OS. The van der Waals surface area contributed by atoms with Crippen molar-refractivity contribution in [3.63, 3.8) is 0 Å². The summed E-state index contributed by atoms with van der Waals surface area (Å²) in [7, 11) is 0. The Morgan fingerprint density at radius 3 is 2.60 bits per heavy atom. The second-order valence-electron chi connectivity index (χ2n) is 3.26. The first-order valence-corrected chi connectivity index (χ1v) is 5.71. The van der Waals surface area contributed by atoms with E-state index in [4.69, 9.17) is 0 Å². The second kappa shape index (κ2) is 5.26. The van der Waals surface area contributed by atoms with Gasteiger partial charge in [0.05, 0.1) is 0 Å². The van der Waals surface area contributed by atoms with Crippen molar-refractivity contribution in [2.24, 2.45) is 0 Å². The van der Waals surface area contributed by atoms with Gasteiger partial charge in [-0.05, 0) is 30.9 Å². The summed E-state index contributed by atoms with van der Waals surface area (Å²) in [6.07, 6.45) is -0.514. The molecule has 1 aromatic rings. The fourth-order valence-electron chi connectivity index (χ4n) is 1.35. The Morgan fingerprint density at radius 2 is 2.13 bits per heavy atom. The second-order valence-corrected chi connectivity index (χ2v) is 4.10. The highest BCUT2D eigenvalue weighted by Gasteiger charge is 2.13. The lowest BCUT2D eigenvalue weighted by molar-refractivity contribution is -0.116. The van der Waals surface area contributed by atoms with E-state index in [1.807, 2.05) is 0 Å². The molecule has 0 amide bonds. The van der Waals surface area contributed by atoms with Crippen molar-refractivity contribution in [1.82, 2.24) is 0 Å². The molecule has 0 heterocycles. The van der Waals surface area contributed by atoms with Gasteiger partial charge in [0.15, 0.2) is 0 Å². The minimum Gasteiger partial charge on any atom is -0.300 e. The van der Waals surface area contributed by atoms with Gasteiger partial charge in [-0.25, -0.2) is 8.78 Å². The van der Waals surface area contributed by atoms with Gasteiger partial charge < -0.3 is 0 Å². The fraction of sp³-hybridized carbons (Fsp3) is 0.364. The van der Waals surface area contributed by atoms with E-state index in [0.717, 1.165) is 0 Å². The summed E-state index contributed by atoms with van der Waals surface area (Å²) in [4.78, 5) is 11.4. The highest BCUT2D eigenvalue weighted by Crippen LogP contribution is 2.30. The van der Waals surface area contributed by atoms with Crippen molar-refractivity contribution in [2.75, 3.05) is 6.26 Å². The minimum absolute atomic E-state index is 0.0150. The molecule has 0 aliphatic heterocycles. The molecule has 0 saturated heterocycles. The molecule has 4 heteroatoms. The minimum atomic E-state index is -2.49. The number of benzene rings is 1. The molecule has 0 aliphatic carbocycles. The van der Waals surface area contributed by atoms with Crippen LogP contribution in [0.25, 0.3) is 0 Å². The van der Waals surface area contributed by atoms with E-state index in [-0.39, 0.29) is 17.8 Å². The Bertz CT molecular complexity index is 364. The van der Waals surface area contributed by atoms with E-state index in [2.05, 4.69) is 0 Å². The summed E-state index contributed by atoms with van der Waals surface area (Å²) < 4.78 is 25.3. The Labute approximate surface area is 91.9 Å². The number of carbonyl (C=O) groups excluding carboxylic acids is 1. The molecule has 0 spiro atoms.